The third kappa shape index (κ3) is 5.61. The summed E-state index contributed by atoms with van der Waals surface area (Å²) in [6.07, 6.45) is -0.131. The van der Waals surface area contributed by atoms with Crippen LogP contribution in [0.3, 0.4) is 0 Å². The molecule has 32 heavy (non-hydrogen) atoms. The van der Waals surface area contributed by atoms with Crippen molar-refractivity contribution in [1.82, 2.24) is 4.31 Å². The van der Waals surface area contributed by atoms with Gasteiger partial charge >= 0.3 is 0 Å². The first kappa shape index (κ1) is 24.1. The Hall–Kier alpha value is -2.58. The van der Waals surface area contributed by atoms with E-state index < -0.39 is 22.0 Å². The minimum atomic E-state index is -3.86. The van der Waals surface area contributed by atoms with Gasteiger partial charge in [0, 0.05) is 18.5 Å². The van der Waals surface area contributed by atoms with Gasteiger partial charge in [0.25, 0.3) is 0 Å². The third-order valence-electron chi connectivity index (χ3n) is 4.94. The molecule has 3 aromatic rings. The zero-order chi connectivity index (χ0) is 23.3. The number of sulfonamides is 1. The van der Waals surface area contributed by atoms with Crippen LogP contribution in [-0.2, 0) is 14.8 Å². The lowest BCUT2D eigenvalue weighted by molar-refractivity contribution is -0.117. The molecule has 0 fully saturated rings. The van der Waals surface area contributed by atoms with Crippen molar-refractivity contribution in [3.63, 3.8) is 0 Å². The smallest absolute Gasteiger partial charge is 0.243 e. The van der Waals surface area contributed by atoms with Gasteiger partial charge in [0.1, 0.15) is 5.75 Å². The number of amides is 1. The van der Waals surface area contributed by atoms with Crippen molar-refractivity contribution in [3.8, 4) is 5.75 Å². The largest absolute Gasteiger partial charge is 0.497 e. The minimum Gasteiger partial charge on any atom is -0.497 e. The van der Waals surface area contributed by atoms with E-state index in [-0.39, 0.29) is 16.3 Å². The van der Waals surface area contributed by atoms with Crippen molar-refractivity contribution in [2.75, 3.05) is 19.5 Å². The van der Waals surface area contributed by atoms with E-state index in [9.17, 15) is 13.2 Å². The maximum Gasteiger partial charge on any atom is 0.243 e. The van der Waals surface area contributed by atoms with Gasteiger partial charge in [-0.2, -0.15) is 4.31 Å². The Morgan fingerprint density at radius 3 is 2.28 bits per heavy atom. The predicted octanol–water partition coefficient (Wildman–Crippen LogP) is 5.39. The highest BCUT2D eigenvalue weighted by atomic mass is 35.5. The molecule has 3 rings (SSSR count). The summed E-state index contributed by atoms with van der Waals surface area (Å²) in [5, 5.41) is 3.46. The molecule has 0 bridgehead atoms. The Kier molecular flexibility index (Phi) is 7.79. The van der Waals surface area contributed by atoms with Gasteiger partial charge in [0.2, 0.25) is 15.9 Å². The molecule has 3 aromatic carbocycles. The van der Waals surface area contributed by atoms with E-state index >= 15 is 0 Å². The maximum atomic E-state index is 13.2. The highest BCUT2D eigenvalue weighted by molar-refractivity contribution is 7.89. The number of anilines is 1. The molecule has 9 heteroatoms. The lowest BCUT2D eigenvalue weighted by Crippen LogP contribution is -2.33. The zero-order valence-electron chi connectivity index (χ0n) is 17.5. The molecule has 0 spiro atoms. The predicted molar refractivity (Wildman–Crippen MR) is 127 cm³/mol. The molecule has 0 unspecified atom stereocenters. The van der Waals surface area contributed by atoms with Crippen LogP contribution in [0.15, 0.2) is 77.7 Å². The van der Waals surface area contributed by atoms with Crippen LogP contribution in [0.25, 0.3) is 0 Å². The lowest BCUT2D eigenvalue weighted by Gasteiger charge is -2.28. The number of nitrogens with zero attached hydrogens (tertiary/aromatic N) is 1. The molecule has 0 aromatic heterocycles. The van der Waals surface area contributed by atoms with Gasteiger partial charge in [-0.05, 0) is 48.0 Å². The Morgan fingerprint density at radius 2 is 1.69 bits per heavy atom. The van der Waals surface area contributed by atoms with Crippen molar-refractivity contribution in [1.29, 1.82) is 0 Å². The summed E-state index contributed by atoms with van der Waals surface area (Å²) >= 11 is 12.1. The molecule has 168 valence electrons. The highest BCUT2D eigenvalue weighted by Crippen LogP contribution is 2.31. The molecular weight excluding hydrogens is 471 g/mol. The van der Waals surface area contributed by atoms with Crippen molar-refractivity contribution in [2.45, 2.75) is 17.4 Å². The Morgan fingerprint density at radius 1 is 1.03 bits per heavy atom. The number of carbonyl (C=O) groups excluding carboxylic acids is 1. The fraction of sp³-hybridized carbons (Fsp3) is 0.174. The van der Waals surface area contributed by atoms with E-state index in [4.69, 9.17) is 27.9 Å². The van der Waals surface area contributed by atoms with Gasteiger partial charge in [-0.25, -0.2) is 8.42 Å². The van der Waals surface area contributed by atoms with Crippen LogP contribution in [-0.4, -0.2) is 32.8 Å². The number of nitrogens with one attached hydrogen (secondary N) is 1. The Labute approximate surface area is 197 Å². The Balaban J connectivity index is 1.92. The van der Waals surface area contributed by atoms with Gasteiger partial charge in [-0.1, -0.05) is 53.5 Å². The molecule has 1 amide bonds. The topological polar surface area (TPSA) is 75.7 Å². The average molecular weight is 493 g/mol. The number of carbonyl (C=O) groups is 1. The lowest BCUT2D eigenvalue weighted by atomic mass is 10.0. The number of benzene rings is 3. The second-order valence-corrected chi connectivity index (χ2v) is 9.84. The highest BCUT2D eigenvalue weighted by Gasteiger charge is 2.31. The van der Waals surface area contributed by atoms with Crippen LogP contribution in [0.1, 0.15) is 18.0 Å². The van der Waals surface area contributed by atoms with Gasteiger partial charge in [0.15, 0.2) is 0 Å². The van der Waals surface area contributed by atoms with Crippen molar-refractivity contribution >= 4 is 44.8 Å². The molecule has 0 aliphatic heterocycles. The number of rotatable bonds is 8. The standard InChI is InChI=1S/C23H22Cl2N2O4S/c1-27(32(29,30)19-6-4-3-5-7-19)22(16-8-11-18(31-2)12-9-16)15-23(28)26-21-13-10-17(24)14-20(21)25/h3-14,22H,15H2,1-2H3,(H,26,28)/t22-/m1/s1. The molecular formula is C23H22Cl2N2O4S. The van der Waals surface area contributed by atoms with E-state index in [1.165, 1.54) is 29.6 Å². The van der Waals surface area contributed by atoms with Gasteiger partial charge in [0.05, 0.1) is 28.8 Å². The number of halogens is 2. The average Bonchev–Trinajstić information content (AvgIpc) is 2.79. The first-order valence-electron chi connectivity index (χ1n) is 9.64. The number of hydrogen-bond acceptors (Lipinski definition) is 4. The summed E-state index contributed by atoms with van der Waals surface area (Å²) in [5.74, 6) is 0.226. The zero-order valence-corrected chi connectivity index (χ0v) is 19.8. The fourth-order valence-electron chi connectivity index (χ4n) is 3.18. The van der Waals surface area contributed by atoms with Crippen molar-refractivity contribution in [3.05, 3.63) is 88.4 Å². The summed E-state index contributed by atoms with van der Waals surface area (Å²) in [6, 6.07) is 19.0. The summed E-state index contributed by atoms with van der Waals surface area (Å²) in [5.41, 5.74) is 1.04. The maximum absolute atomic E-state index is 13.2. The normalized spacial score (nSPS) is 12.4. The number of ether oxygens (including phenoxy) is 1. The van der Waals surface area contributed by atoms with E-state index in [1.807, 2.05) is 0 Å². The molecule has 1 N–H and O–H groups in total. The second-order valence-electron chi connectivity index (χ2n) is 7.00. The van der Waals surface area contributed by atoms with Crippen molar-refractivity contribution < 1.29 is 17.9 Å². The van der Waals surface area contributed by atoms with E-state index in [0.717, 1.165) is 0 Å². The molecule has 0 radical (unpaired) electrons. The first-order chi connectivity index (χ1) is 15.2. The van der Waals surface area contributed by atoms with E-state index in [0.29, 0.717) is 22.0 Å². The Bertz CT molecular complexity index is 1190. The SMILES string of the molecule is COc1ccc([C@@H](CC(=O)Nc2ccc(Cl)cc2Cl)N(C)S(=O)(=O)c2ccccc2)cc1. The second kappa shape index (κ2) is 10.4. The van der Waals surface area contributed by atoms with E-state index in [1.54, 1.807) is 61.7 Å². The monoisotopic (exact) mass is 492 g/mol. The molecule has 0 heterocycles. The molecule has 0 saturated carbocycles. The van der Waals surface area contributed by atoms with Crippen LogP contribution < -0.4 is 10.1 Å². The van der Waals surface area contributed by atoms with Crippen LogP contribution in [0.4, 0.5) is 5.69 Å². The van der Waals surface area contributed by atoms with Crippen LogP contribution in [0.5, 0.6) is 5.75 Å². The molecule has 1 atom stereocenters. The van der Waals surface area contributed by atoms with Gasteiger partial charge in [-0.3, -0.25) is 4.79 Å². The summed E-state index contributed by atoms with van der Waals surface area (Å²) < 4.78 is 32.9. The number of hydrogen-bond donors (Lipinski definition) is 1. The quantitative estimate of drug-likeness (QED) is 0.457. The van der Waals surface area contributed by atoms with Crippen LogP contribution in [0, 0.1) is 0 Å². The molecule has 0 aliphatic rings. The number of methoxy groups -OCH3 is 1. The summed E-state index contributed by atoms with van der Waals surface area (Å²) in [4.78, 5) is 13.0. The van der Waals surface area contributed by atoms with Crippen molar-refractivity contribution in [2.24, 2.45) is 0 Å². The molecule has 6 nitrogen and oxygen atoms in total. The molecule has 0 aliphatic carbocycles. The minimum absolute atomic E-state index is 0.131. The first-order valence-corrected chi connectivity index (χ1v) is 11.8. The van der Waals surface area contributed by atoms with Crippen LogP contribution >= 0.6 is 23.2 Å². The molecule has 0 saturated heterocycles. The van der Waals surface area contributed by atoms with Gasteiger partial charge in [-0.15, -0.1) is 0 Å². The van der Waals surface area contributed by atoms with E-state index in [2.05, 4.69) is 5.32 Å². The fourth-order valence-corrected chi connectivity index (χ4v) is 5.00. The van der Waals surface area contributed by atoms with Crippen LogP contribution in [0.2, 0.25) is 10.0 Å². The van der Waals surface area contributed by atoms with Gasteiger partial charge < -0.3 is 10.1 Å². The summed E-state index contributed by atoms with van der Waals surface area (Å²) in [6.45, 7) is 0. The summed E-state index contributed by atoms with van der Waals surface area (Å²) in [7, 11) is -0.854. The third-order valence-corrected chi connectivity index (χ3v) is 7.37.